The van der Waals surface area contributed by atoms with Gasteiger partial charge in [-0.05, 0) is 51.3 Å². The SMILES string of the molecule is C=C(C)C(=O)OC(C)c1cccc(C(C)(C)N)c1C.Cl. The number of carbonyl (C=O) groups excluding carboxylic acids is 1. The lowest BCUT2D eigenvalue weighted by Gasteiger charge is -2.25. The first-order chi connectivity index (χ1) is 8.64. The van der Waals surface area contributed by atoms with Gasteiger partial charge in [-0.25, -0.2) is 4.79 Å². The van der Waals surface area contributed by atoms with Crippen LogP contribution in [0.1, 0.15) is 50.5 Å². The summed E-state index contributed by atoms with van der Waals surface area (Å²) in [5.41, 5.74) is 9.24. The zero-order valence-corrected chi connectivity index (χ0v) is 13.6. The molecule has 0 saturated carbocycles. The summed E-state index contributed by atoms with van der Waals surface area (Å²) in [6.45, 7) is 13.0. The lowest BCUT2D eigenvalue weighted by atomic mass is 9.88. The van der Waals surface area contributed by atoms with Crippen LogP contribution in [0.5, 0.6) is 0 Å². The van der Waals surface area contributed by atoms with E-state index in [0.29, 0.717) is 5.57 Å². The second kappa shape index (κ2) is 6.91. The van der Waals surface area contributed by atoms with Crippen LogP contribution in [0.3, 0.4) is 0 Å². The Balaban J connectivity index is 0.00000361. The second-order valence-electron chi connectivity index (χ2n) is 5.57. The smallest absolute Gasteiger partial charge is 0.333 e. The van der Waals surface area contributed by atoms with Crippen molar-refractivity contribution in [3.63, 3.8) is 0 Å². The van der Waals surface area contributed by atoms with E-state index in [2.05, 4.69) is 6.58 Å². The standard InChI is InChI=1S/C16H23NO2.ClH/c1-10(2)15(18)19-12(4)13-8-7-9-14(11(13)3)16(5,6)17;/h7-9,12H,1,17H2,2-6H3;1H. The molecule has 0 spiro atoms. The molecule has 1 rings (SSSR count). The average molecular weight is 298 g/mol. The molecule has 20 heavy (non-hydrogen) atoms. The zero-order valence-electron chi connectivity index (χ0n) is 12.8. The van der Waals surface area contributed by atoms with E-state index in [-0.39, 0.29) is 24.5 Å². The van der Waals surface area contributed by atoms with Gasteiger partial charge in [-0.1, -0.05) is 24.8 Å². The number of hydrogen-bond donors (Lipinski definition) is 1. The molecule has 2 N–H and O–H groups in total. The van der Waals surface area contributed by atoms with E-state index in [1.165, 1.54) is 0 Å². The van der Waals surface area contributed by atoms with Crippen molar-refractivity contribution in [3.8, 4) is 0 Å². The number of ether oxygens (including phenoxy) is 1. The van der Waals surface area contributed by atoms with Gasteiger partial charge >= 0.3 is 5.97 Å². The molecule has 1 unspecified atom stereocenters. The van der Waals surface area contributed by atoms with Gasteiger partial charge in [0.15, 0.2) is 0 Å². The fraction of sp³-hybridized carbons (Fsp3) is 0.438. The molecule has 0 fully saturated rings. The molecule has 0 aliphatic carbocycles. The molecule has 1 aromatic carbocycles. The van der Waals surface area contributed by atoms with Crippen molar-refractivity contribution in [1.82, 2.24) is 0 Å². The van der Waals surface area contributed by atoms with Gasteiger partial charge in [-0.2, -0.15) is 0 Å². The Bertz CT molecular complexity index is 504. The van der Waals surface area contributed by atoms with Gasteiger partial charge < -0.3 is 10.5 Å². The van der Waals surface area contributed by atoms with Crippen LogP contribution in [0.2, 0.25) is 0 Å². The highest BCUT2D eigenvalue weighted by atomic mass is 35.5. The van der Waals surface area contributed by atoms with Crippen molar-refractivity contribution in [1.29, 1.82) is 0 Å². The maximum Gasteiger partial charge on any atom is 0.333 e. The third-order valence-corrected chi connectivity index (χ3v) is 3.14. The van der Waals surface area contributed by atoms with E-state index in [4.69, 9.17) is 10.5 Å². The minimum atomic E-state index is -0.418. The Morgan fingerprint density at radius 3 is 2.40 bits per heavy atom. The predicted molar refractivity (Wildman–Crippen MR) is 85.0 cm³/mol. The third-order valence-electron chi connectivity index (χ3n) is 3.14. The van der Waals surface area contributed by atoms with Gasteiger partial charge in [0.05, 0.1) is 0 Å². The molecule has 0 heterocycles. The number of halogens is 1. The van der Waals surface area contributed by atoms with E-state index in [1.54, 1.807) is 6.92 Å². The molecule has 0 saturated heterocycles. The van der Waals surface area contributed by atoms with E-state index >= 15 is 0 Å². The summed E-state index contributed by atoms with van der Waals surface area (Å²) in [5.74, 6) is -0.371. The molecular formula is C16H24ClNO2. The Labute approximate surface area is 127 Å². The summed E-state index contributed by atoms with van der Waals surface area (Å²) in [6, 6.07) is 5.91. The van der Waals surface area contributed by atoms with Crippen molar-refractivity contribution in [3.05, 3.63) is 47.0 Å². The monoisotopic (exact) mass is 297 g/mol. The van der Waals surface area contributed by atoms with Gasteiger partial charge in [0.2, 0.25) is 0 Å². The Hall–Kier alpha value is -1.32. The van der Waals surface area contributed by atoms with Crippen LogP contribution in [0.4, 0.5) is 0 Å². The maximum absolute atomic E-state index is 11.6. The molecule has 0 radical (unpaired) electrons. The van der Waals surface area contributed by atoms with Crippen LogP contribution in [-0.2, 0) is 15.1 Å². The van der Waals surface area contributed by atoms with Crippen molar-refractivity contribution >= 4 is 18.4 Å². The number of benzene rings is 1. The zero-order chi connectivity index (χ0) is 14.8. The minimum Gasteiger partial charge on any atom is -0.454 e. The molecule has 0 amide bonds. The largest absolute Gasteiger partial charge is 0.454 e. The molecule has 1 atom stereocenters. The van der Waals surface area contributed by atoms with Crippen molar-refractivity contribution in [2.45, 2.75) is 46.3 Å². The lowest BCUT2D eigenvalue weighted by molar-refractivity contribution is -0.143. The lowest BCUT2D eigenvalue weighted by Crippen LogP contribution is -2.30. The van der Waals surface area contributed by atoms with Crippen LogP contribution in [-0.4, -0.2) is 5.97 Å². The highest BCUT2D eigenvalue weighted by Crippen LogP contribution is 2.28. The molecule has 3 nitrogen and oxygen atoms in total. The third kappa shape index (κ3) is 4.36. The van der Waals surface area contributed by atoms with Crippen LogP contribution >= 0.6 is 12.4 Å². The molecule has 112 valence electrons. The summed E-state index contributed by atoms with van der Waals surface area (Å²) in [6.07, 6.45) is -0.313. The molecule has 0 aromatic heterocycles. The fourth-order valence-electron chi connectivity index (χ4n) is 2.12. The van der Waals surface area contributed by atoms with Crippen molar-refractivity contribution in [2.24, 2.45) is 5.73 Å². The van der Waals surface area contributed by atoms with E-state index in [1.807, 2.05) is 45.9 Å². The highest BCUT2D eigenvalue weighted by Gasteiger charge is 2.21. The van der Waals surface area contributed by atoms with E-state index in [9.17, 15) is 4.79 Å². The van der Waals surface area contributed by atoms with Gasteiger partial charge in [0.1, 0.15) is 6.10 Å². The summed E-state index contributed by atoms with van der Waals surface area (Å²) in [7, 11) is 0. The normalized spacial score (nSPS) is 12.3. The van der Waals surface area contributed by atoms with Crippen molar-refractivity contribution < 1.29 is 9.53 Å². The van der Waals surface area contributed by atoms with Crippen LogP contribution < -0.4 is 5.73 Å². The summed E-state index contributed by atoms with van der Waals surface area (Å²) in [4.78, 5) is 11.6. The first-order valence-electron chi connectivity index (χ1n) is 6.40. The number of hydrogen-bond acceptors (Lipinski definition) is 3. The summed E-state index contributed by atoms with van der Waals surface area (Å²) < 4.78 is 5.37. The number of esters is 1. The van der Waals surface area contributed by atoms with E-state index < -0.39 is 5.54 Å². The second-order valence-corrected chi connectivity index (χ2v) is 5.57. The molecule has 0 bridgehead atoms. The van der Waals surface area contributed by atoms with E-state index in [0.717, 1.165) is 16.7 Å². The fourth-order valence-corrected chi connectivity index (χ4v) is 2.12. The maximum atomic E-state index is 11.6. The Kier molecular flexibility index (Phi) is 6.45. The number of rotatable bonds is 4. The molecule has 0 aliphatic rings. The van der Waals surface area contributed by atoms with Crippen LogP contribution in [0.25, 0.3) is 0 Å². The number of nitrogens with two attached hydrogens (primary N) is 1. The quantitative estimate of drug-likeness (QED) is 0.679. The van der Waals surface area contributed by atoms with Gasteiger partial charge in [-0.3, -0.25) is 0 Å². The van der Waals surface area contributed by atoms with Crippen molar-refractivity contribution in [2.75, 3.05) is 0 Å². The molecule has 4 heteroatoms. The van der Waals surface area contributed by atoms with Crippen LogP contribution in [0, 0.1) is 6.92 Å². The average Bonchev–Trinajstić information content (AvgIpc) is 2.27. The number of carbonyl (C=O) groups is 1. The highest BCUT2D eigenvalue weighted by molar-refractivity contribution is 5.87. The molecule has 1 aromatic rings. The first kappa shape index (κ1) is 18.7. The first-order valence-corrected chi connectivity index (χ1v) is 6.40. The predicted octanol–water partition coefficient (Wildman–Crippen LogP) is 3.79. The van der Waals surface area contributed by atoms with Gasteiger partial charge in [-0.15, -0.1) is 12.4 Å². The topological polar surface area (TPSA) is 52.3 Å². The van der Waals surface area contributed by atoms with Gasteiger partial charge in [0.25, 0.3) is 0 Å². The minimum absolute atomic E-state index is 0. The summed E-state index contributed by atoms with van der Waals surface area (Å²) in [5, 5.41) is 0. The van der Waals surface area contributed by atoms with Crippen LogP contribution in [0.15, 0.2) is 30.4 Å². The van der Waals surface area contributed by atoms with Gasteiger partial charge in [0, 0.05) is 11.1 Å². The Morgan fingerprint density at radius 1 is 1.40 bits per heavy atom. The Morgan fingerprint density at radius 2 is 1.95 bits per heavy atom. The summed E-state index contributed by atoms with van der Waals surface area (Å²) >= 11 is 0. The molecular weight excluding hydrogens is 274 g/mol. The molecule has 0 aliphatic heterocycles.